The minimum absolute atomic E-state index is 0.274. The standard InChI is InChI=1S/C34H28N4O/c1-23-17-18-33-28(19-23)30(24(2)38(33)22-25-11-5-3-6-12-25)21-35-37-34(39)29-20-32(26-13-7-4-8-14-26)36-31-16-10-9-15-27(29)31/h3-21H,22H2,1-2H3,(H,37,39)/b35-21+. The van der Waals surface area contributed by atoms with Crippen LogP contribution in [0.4, 0.5) is 0 Å². The highest BCUT2D eigenvalue weighted by molar-refractivity contribution is 6.08. The molecule has 6 aromatic rings. The Morgan fingerprint density at radius 2 is 1.56 bits per heavy atom. The quantitative estimate of drug-likeness (QED) is 0.190. The van der Waals surface area contributed by atoms with Gasteiger partial charge >= 0.3 is 0 Å². The van der Waals surface area contributed by atoms with Gasteiger partial charge in [0.05, 0.1) is 23.0 Å². The van der Waals surface area contributed by atoms with Crippen LogP contribution in [0.5, 0.6) is 0 Å². The van der Waals surface area contributed by atoms with Crippen molar-refractivity contribution >= 4 is 33.9 Å². The lowest BCUT2D eigenvalue weighted by Gasteiger charge is -2.09. The van der Waals surface area contributed by atoms with Crippen LogP contribution in [0.25, 0.3) is 33.1 Å². The maximum atomic E-state index is 13.4. The summed E-state index contributed by atoms with van der Waals surface area (Å²) in [7, 11) is 0. The Hall–Kier alpha value is -5.03. The van der Waals surface area contributed by atoms with Gasteiger partial charge in [-0.15, -0.1) is 0 Å². The van der Waals surface area contributed by atoms with Crippen LogP contribution in [0.3, 0.4) is 0 Å². The predicted octanol–water partition coefficient (Wildman–Crippen LogP) is 7.29. The average Bonchev–Trinajstić information content (AvgIpc) is 3.22. The number of pyridine rings is 1. The van der Waals surface area contributed by atoms with E-state index >= 15 is 0 Å². The summed E-state index contributed by atoms with van der Waals surface area (Å²) in [5, 5.41) is 6.33. The predicted molar refractivity (Wildman–Crippen MR) is 159 cm³/mol. The number of hydrogen-bond donors (Lipinski definition) is 1. The normalized spacial score (nSPS) is 11.4. The number of carbonyl (C=O) groups is 1. The Morgan fingerprint density at radius 1 is 0.846 bits per heavy atom. The second-order valence-electron chi connectivity index (χ2n) is 9.73. The first kappa shape index (κ1) is 24.3. The van der Waals surface area contributed by atoms with Crippen LogP contribution < -0.4 is 5.43 Å². The van der Waals surface area contributed by atoms with E-state index in [-0.39, 0.29) is 5.91 Å². The van der Waals surface area contributed by atoms with Crippen LogP contribution >= 0.6 is 0 Å². The minimum Gasteiger partial charge on any atom is -0.340 e. The highest BCUT2D eigenvalue weighted by Gasteiger charge is 2.15. The molecule has 190 valence electrons. The molecular weight excluding hydrogens is 480 g/mol. The lowest BCUT2D eigenvalue weighted by atomic mass is 10.0. The number of benzene rings is 4. The number of nitrogens with one attached hydrogen (secondary N) is 1. The first-order valence-electron chi connectivity index (χ1n) is 13.0. The van der Waals surface area contributed by atoms with Crippen LogP contribution in [0.15, 0.2) is 114 Å². The fraction of sp³-hybridized carbons (Fsp3) is 0.0882. The van der Waals surface area contributed by atoms with Crippen molar-refractivity contribution < 1.29 is 4.79 Å². The molecule has 0 spiro atoms. The van der Waals surface area contributed by atoms with Gasteiger partial charge in [0.1, 0.15) is 0 Å². The summed E-state index contributed by atoms with van der Waals surface area (Å²) in [6.45, 7) is 4.95. The van der Waals surface area contributed by atoms with E-state index in [9.17, 15) is 4.79 Å². The van der Waals surface area contributed by atoms with Gasteiger partial charge in [0.2, 0.25) is 0 Å². The molecule has 5 nitrogen and oxygen atoms in total. The highest BCUT2D eigenvalue weighted by Crippen LogP contribution is 2.27. The van der Waals surface area contributed by atoms with Gasteiger partial charge in [0.15, 0.2) is 0 Å². The molecule has 0 unspecified atom stereocenters. The molecule has 1 amide bonds. The fourth-order valence-corrected chi connectivity index (χ4v) is 5.09. The SMILES string of the molecule is Cc1ccc2c(c1)c(/C=N/NC(=O)c1cc(-c3ccccc3)nc3ccccc13)c(C)n2Cc1ccccc1. The largest absolute Gasteiger partial charge is 0.340 e. The van der Waals surface area contributed by atoms with Crippen molar-refractivity contribution in [2.24, 2.45) is 5.10 Å². The van der Waals surface area contributed by atoms with Gasteiger partial charge < -0.3 is 4.57 Å². The van der Waals surface area contributed by atoms with Gasteiger partial charge in [-0.25, -0.2) is 10.4 Å². The second-order valence-corrected chi connectivity index (χ2v) is 9.73. The summed E-state index contributed by atoms with van der Waals surface area (Å²) in [6, 6.07) is 36.3. The fourth-order valence-electron chi connectivity index (χ4n) is 5.09. The third kappa shape index (κ3) is 4.82. The van der Waals surface area contributed by atoms with Crippen molar-refractivity contribution in [1.29, 1.82) is 0 Å². The summed E-state index contributed by atoms with van der Waals surface area (Å²) in [6.07, 6.45) is 1.76. The van der Waals surface area contributed by atoms with Gasteiger partial charge in [-0.2, -0.15) is 5.10 Å². The molecule has 2 aromatic heterocycles. The maximum absolute atomic E-state index is 13.4. The van der Waals surface area contributed by atoms with Crippen molar-refractivity contribution in [1.82, 2.24) is 15.0 Å². The highest BCUT2D eigenvalue weighted by atomic mass is 16.2. The lowest BCUT2D eigenvalue weighted by Crippen LogP contribution is -2.18. The minimum atomic E-state index is -0.274. The summed E-state index contributed by atoms with van der Waals surface area (Å²) < 4.78 is 2.30. The molecular formula is C34H28N4O. The van der Waals surface area contributed by atoms with Crippen LogP contribution in [-0.4, -0.2) is 21.7 Å². The van der Waals surface area contributed by atoms with Crippen LogP contribution in [0.2, 0.25) is 0 Å². The summed E-state index contributed by atoms with van der Waals surface area (Å²) in [5.74, 6) is -0.274. The maximum Gasteiger partial charge on any atom is 0.272 e. The molecule has 0 aliphatic carbocycles. The Labute approximate surface area is 227 Å². The Balaban J connectivity index is 1.34. The zero-order valence-corrected chi connectivity index (χ0v) is 21.9. The molecule has 0 saturated carbocycles. The van der Waals surface area contributed by atoms with E-state index in [4.69, 9.17) is 4.98 Å². The zero-order chi connectivity index (χ0) is 26.8. The number of carbonyl (C=O) groups excluding carboxylic acids is 1. The van der Waals surface area contributed by atoms with E-state index in [1.807, 2.05) is 66.7 Å². The molecule has 4 aromatic carbocycles. The number of fused-ring (bicyclic) bond motifs is 2. The second kappa shape index (κ2) is 10.4. The van der Waals surface area contributed by atoms with Crippen LogP contribution in [-0.2, 0) is 6.54 Å². The van der Waals surface area contributed by atoms with Crippen molar-refractivity contribution in [3.05, 3.63) is 137 Å². The van der Waals surface area contributed by atoms with Crippen molar-refractivity contribution in [2.45, 2.75) is 20.4 Å². The topological polar surface area (TPSA) is 59.3 Å². The summed E-state index contributed by atoms with van der Waals surface area (Å²) in [4.78, 5) is 18.2. The smallest absolute Gasteiger partial charge is 0.272 e. The number of hydrogen-bond acceptors (Lipinski definition) is 3. The van der Waals surface area contributed by atoms with E-state index in [1.54, 1.807) is 6.21 Å². The Bertz CT molecular complexity index is 1840. The molecule has 0 atom stereocenters. The van der Waals surface area contributed by atoms with Crippen molar-refractivity contribution in [3.8, 4) is 11.3 Å². The molecule has 0 fully saturated rings. The number of hydrazone groups is 1. The number of nitrogens with zero attached hydrogens (tertiary/aromatic N) is 3. The van der Waals surface area contributed by atoms with Crippen LogP contribution in [0.1, 0.15) is 32.7 Å². The van der Waals surface area contributed by atoms with Crippen molar-refractivity contribution in [3.63, 3.8) is 0 Å². The van der Waals surface area contributed by atoms with Crippen LogP contribution in [0, 0.1) is 13.8 Å². The molecule has 5 heteroatoms. The third-order valence-corrected chi connectivity index (χ3v) is 7.10. The van der Waals surface area contributed by atoms with E-state index in [2.05, 4.69) is 71.4 Å². The number of para-hydroxylation sites is 1. The lowest BCUT2D eigenvalue weighted by molar-refractivity contribution is 0.0956. The van der Waals surface area contributed by atoms with E-state index in [0.29, 0.717) is 5.56 Å². The molecule has 6 rings (SSSR count). The van der Waals surface area contributed by atoms with Gasteiger partial charge in [-0.3, -0.25) is 4.79 Å². The zero-order valence-electron chi connectivity index (χ0n) is 21.9. The Kier molecular flexibility index (Phi) is 6.47. The molecule has 0 radical (unpaired) electrons. The van der Waals surface area contributed by atoms with Gasteiger partial charge in [-0.05, 0) is 43.7 Å². The molecule has 1 N–H and O–H groups in total. The molecule has 39 heavy (non-hydrogen) atoms. The monoisotopic (exact) mass is 508 g/mol. The van der Waals surface area contributed by atoms with Gasteiger partial charge in [-0.1, -0.05) is 90.5 Å². The summed E-state index contributed by atoms with van der Waals surface area (Å²) in [5.41, 5.74) is 11.4. The van der Waals surface area contributed by atoms with Crippen molar-refractivity contribution in [2.75, 3.05) is 0 Å². The number of rotatable bonds is 6. The summed E-state index contributed by atoms with van der Waals surface area (Å²) >= 11 is 0. The molecule has 2 heterocycles. The Morgan fingerprint density at radius 3 is 2.36 bits per heavy atom. The molecule has 0 bridgehead atoms. The van der Waals surface area contributed by atoms with Gasteiger partial charge in [0, 0.05) is 39.7 Å². The number of aromatic nitrogens is 2. The van der Waals surface area contributed by atoms with Gasteiger partial charge in [0.25, 0.3) is 5.91 Å². The molecule has 0 aliphatic heterocycles. The molecule has 0 aliphatic rings. The number of amides is 1. The van der Waals surface area contributed by atoms with E-state index < -0.39 is 0 Å². The number of aryl methyl sites for hydroxylation is 1. The first-order valence-corrected chi connectivity index (χ1v) is 13.0. The van der Waals surface area contributed by atoms with E-state index in [0.717, 1.165) is 50.9 Å². The first-order chi connectivity index (χ1) is 19.1. The molecule has 0 saturated heterocycles. The average molecular weight is 509 g/mol. The van der Waals surface area contributed by atoms with E-state index in [1.165, 1.54) is 11.1 Å². The third-order valence-electron chi connectivity index (χ3n) is 7.10.